The van der Waals surface area contributed by atoms with Gasteiger partial charge in [0.15, 0.2) is 0 Å². The van der Waals surface area contributed by atoms with Crippen molar-refractivity contribution in [3.63, 3.8) is 0 Å². The van der Waals surface area contributed by atoms with Gasteiger partial charge in [0.2, 0.25) is 6.33 Å². The molecule has 142 valence electrons. The Morgan fingerprint density at radius 2 is 1.48 bits per heavy atom. The molecule has 1 heterocycles. The number of imidazole rings is 1. The third kappa shape index (κ3) is 4.08. The number of anilines is 2. The molecule has 0 aliphatic heterocycles. The van der Waals surface area contributed by atoms with E-state index in [4.69, 9.17) is 0 Å². The Bertz CT molecular complexity index is 877. The summed E-state index contributed by atoms with van der Waals surface area (Å²) in [7, 11) is 0. The maximum atomic E-state index is 3.76. The van der Waals surface area contributed by atoms with E-state index in [0.29, 0.717) is 17.9 Å². The minimum absolute atomic E-state index is 0.389. The molecule has 1 aromatic heterocycles. The van der Waals surface area contributed by atoms with Gasteiger partial charge in [-0.2, -0.15) is 0 Å². The highest BCUT2D eigenvalue weighted by Crippen LogP contribution is 2.35. The first-order valence-corrected chi connectivity index (χ1v) is 9.89. The van der Waals surface area contributed by atoms with Crippen LogP contribution in [0.15, 0.2) is 54.9 Å². The van der Waals surface area contributed by atoms with Gasteiger partial charge in [0.1, 0.15) is 0 Å². The molecule has 2 aromatic carbocycles. The third-order valence-electron chi connectivity index (χ3n) is 4.95. The van der Waals surface area contributed by atoms with Gasteiger partial charge in [-0.1, -0.05) is 64.1 Å². The minimum atomic E-state index is 0.389. The summed E-state index contributed by atoms with van der Waals surface area (Å²) in [5.74, 6) is 0.916. The standard InChI is InChI=1S/C24H31N3/c1-17(2)20-10-9-11-21(18(3)4)24(20)25-22-12-7-8-13-23(22)27-15-14-26(16-27)19(5)6/h7-15,17-19,25H,1-6H3. The lowest BCUT2D eigenvalue weighted by Crippen LogP contribution is -2.29. The topological polar surface area (TPSA) is 20.8 Å². The van der Waals surface area contributed by atoms with E-state index in [1.54, 1.807) is 0 Å². The predicted octanol–water partition coefficient (Wildman–Crippen LogP) is 6.14. The van der Waals surface area contributed by atoms with Gasteiger partial charge in [-0.3, -0.25) is 0 Å². The highest BCUT2D eigenvalue weighted by atomic mass is 15.1. The predicted molar refractivity (Wildman–Crippen MR) is 113 cm³/mol. The van der Waals surface area contributed by atoms with E-state index in [1.165, 1.54) is 16.8 Å². The van der Waals surface area contributed by atoms with Gasteiger partial charge in [0.05, 0.1) is 11.7 Å². The fraction of sp³-hybridized carbons (Fsp3) is 0.375. The van der Waals surface area contributed by atoms with Crippen molar-refractivity contribution in [1.82, 2.24) is 4.57 Å². The van der Waals surface area contributed by atoms with Gasteiger partial charge in [-0.05, 0) is 42.9 Å². The molecule has 0 saturated carbocycles. The van der Waals surface area contributed by atoms with Crippen LogP contribution in [0.25, 0.3) is 5.69 Å². The van der Waals surface area contributed by atoms with Crippen molar-refractivity contribution in [3.05, 3.63) is 72.3 Å². The fourth-order valence-electron chi connectivity index (χ4n) is 3.37. The molecule has 1 N–H and O–H groups in total. The molecule has 0 unspecified atom stereocenters. The normalized spacial score (nSPS) is 11.6. The van der Waals surface area contributed by atoms with Crippen LogP contribution >= 0.6 is 0 Å². The molecule has 3 aromatic rings. The summed E-state index contributed by atoms with van der Waals surface area (Å²) in [6.07, 6.45) is 7.56. The Hall–Kier alpha value is -2.55. The maximum Gasteiger partial charge on any atom is 0.243 e. The Morgan fingerprint density at radius 3 is 2.04 bits per heavy atom. The zero-order chi connectivity index (χ0) is 19.6. The number of benzene rings is 2. The fourth-order valence-corrected chi connectivity index (χ4v) is 3.37. The summed E-state index contributed by atoms with van der Waals surface area (Å²) < 4.78 is 4.16. The third-order valence-corrected chi connectivity index (χ3v) is 4.95. The van der Waals surface area contributed by atoms with Crippen molar-refractivity contribution >= 4 is 11.4 Å². The summed E-state index contributed by atoms with van der Waals surface area (Å²) >= 11 is 0. The van der Waals surface area contributed by atoms with E-state index in [1.807, 2.05) is 0 Å². The number of hydrogen-bond donors (Lipinski definition) is 1. The largest absolute Gasteiger partial charge is 0.359 e. The second-order valence-electron chi connectivity index (χ2n) is 8.03. The molecule has 0 amide bonds. The molecule has 0 fully saturated rings. The highest BCUT2D eigenvalue weighted by Gasteiger charge is 2.15. The second-order valence-corrected chi connectivity index (χ2v) is 8.03. The molecule has 0 saturated heterocycles. The van der Waals surface area contributed by atoms with Gasteiger partial charge >= 0.3 is 0 Å². The van der Waals surface area contributed by atoms with Crippen LogP contribution in [0.4, 0.5) is 11.4 Å². The Balaban J connectivity index is 2.07. The van der Waals surface area contributed by atoms with E-state index < -0.39 is 0 Å². The molecular formula is C24H31N3. The summed E-state index contributed by atoms with van der Waals surface area (Å²) in [6, 6.07) is 15.5. The van der Waals surface area contributed by atoms with Gasteiger partial charge in [-0.25, -0.2) is 0 Å². The zero-order valence-electron chi connectivity index (χ0n) is 17.3. The number of aromatic nitrogens is 2. The average molecular weight is 362 g/mol. The number of rotatable bonds is 6. The lowest BCUT2D eigenvalue weighted by atomic mass is 9.92. The average Bonchev–Trinajstić information content (AvgIpc) is 3.12. The van der Waals surface area contributed by atoms with E-state index in [-0.39, 0.29) is 0 Å². The molecule has 3 nitrogen and oxygen atoms in total. The van der Waals surface area contributed by atoms with Crippen molar-refractivity contribution in [2.75, 3.05) is 5.32 Å². The second kappa shape index (κ2) is 7.99. The van der Waals surface area contributed by atoms with E-state index in [9.17, 15) is 0 Å². The van der Waals surface area contributed by atoms with Crippen molar-refractivity contribution in [3.8, 4) is 5.69 Å². The van der Waals surface area contributed by atoms with Gasteiger partial charge < -0.3 is 14.5 Å². The number of nitrogens with one attached hydrogen (secondary N) is 1. The summed E-state index contributed by atoms with van der Waals surface area (Å²) in [6.45, 7) is 13.3. The van der Waals surface area contributed by atoms with Crippen LogP contribution in [-0.2, 0) is 0 Å². The number of hydrogen-bond acceptors (Lipinski definition) is 1. The summed E-state index contributed by atoms with van der Waals surface area (Å²) in [5, 5.41) is 3.76. The van der Waals surface area contributed by atoms with Gasteiger partial charge in [-0.15, -0.1) is 0 Å². The van der Waals surface area contributed by atoms with Gasteiger partial charge in [0, 0.05) is 23.8 Å². The van der Waals surface area contributed by atoms with Crippen molar-refractivity contribution in [1.29, 1.82) is 0 Å². The van der Waals surface area contributed by atoms with E-state index in [2.05, 4.69) is 117 Å². The number of nitrogens with zero attached hydrogens (tertiary/aromatic N) is 2. The maximum absolute atomic E-state index is 3.76. The lowest BCUT2D eigenvalue weighted by Gasteiger charge is -2.22. The first-order valence-electron chi connectivity index (χ1n) is 9.89. The molecule has 0 spiro atoms. The molecule has 0 bridgehead atoms. The zero-order valence-corrected chi connectivity index (χ0v) is 17.3. The van der Waals surface area contributed by atoms with Crippen LogP contribution in [0.3, 0.4) is 0 Å². The van der Waals surface area contributed by atoms with E-state index in [0.717, 1.165) is 11.4 Å². The molecule has 3 rings (SSSR count). The van der Waals surface area contributed by atoms with Crippen molar-refractivity contribution in [2.24, 2.45) is 0 Å². The van der Waals surface area contributed by atoms with Gasteiger partial charge in [0.25, 0.3) is 0 Å². The Morgan fingerprint density at radius 1 is 0.852 bits per heavy atom. The summed E-state index contributed by atoms with van der Waals surface area (Å²) in [4.78, 5) is 0. The molecule has 0 aliphatic carbocycles. The van der Waals surface area contributed by atoms with E-state index >= 15 is 0 Å². The molecular weight excluding hydrogens is 330 g/mol. The van der Waals surface area contributed by atoms with Crippen LogP contribution < -0.4 is 9.88 Å². The van der Waals surface area contributed by atoms with Crippen molar-refractivity contribution < 1.29 is 4.57 Å². The quantitative estimate of drug-likeness (QED) is 0.413. The Kier molecular flexibility index (Phi) is 5.69. The monoisotopic (exact) mass is 361 g/mol. The smallest absolute Gasteiger partial charge is 0.243 e. The molecule has 27 heavy (non-hydrogen) atoms. The lowest BCUT2D eigenvalue weighted by molar-refractivity contribution is -0.599. The molecule has 0 radical (unpaired) electrons. The minimum Gasteiger partial charge on any atom is -0.359 e. The SMILES string of the molecule is CC(C)c1cccc(C(C)C)c1Nc1ccccc1-[n+]1[c-]n(C(C)C)cc1. The van der Waals surface area contributed by atoms with Crippen molar-refractivity contribution in [2.45, 2.75) is 59.4 Å². The van der Waals surface area contributed by atoms with Crippen LogP contribution in [0.1, 0.15) is 70.5 Å². The highest BCUT2D eigenvalue weighted by molar-refractivity contribution is 5.72. The van der Waals surface area contributed by atoms with Crippen LogP contribution in [0.5, 0.6) is 0 Å². The molecule has 3 heteroatoms. The van der Waals surface area contributed by atoms with Crippen LogP contribution in [0.2, 0.25) is 0 Å². The first kappa shape index (κ1) is 19.2. The van der Waals surface area contributed by atoms with Crippen LogP contribution in [0, 0.1) is 6.33 Å². The number of para-hydroxylation sites is 3. The Labute approximate surface area is 163 Å². The van der Waals surface area contributed by atoms with Crippen LogP contribution in [-0.4, -0.2) is 4.57 Å². The molecule has 0 atom stereocenters. The molecule has 0 aliphatic rings. The summed E-state index contributed by atoms with van der Waals surface area (Å²) in [5.41, 5.74) is 6.13. The first-order chi connectivity index (χ1) is 12.9.